The van der Waals surface area contributed by atoms with Crippen molar-refractivity contribution in [2.24, 2.45) is 5.10 Å². The minimum Gasteiger partial charge on any atom is -0.497 e. The summed E-state index contributed by atoms with van der Waals surface area (Å²) in [7, 11) is -2.06. The van der Waals surface area contributed by atoms with E-state index in [0.29, 0.717) is 22.5 Å². The molecule has 0 spiro atoms. The van der Waals surface area contributed by atoms with Crippen molar-refractivity contribution in [1.82, 2.24) is 15.2 Å². The van der Waals surface area contributed by atoms with E-state index >= 15 is 0 Å². The van der Waals surface area contributed by atoms with Crippen LogP contribution in [0, 0.1) is 0 Å². The van der Waals surface area contributed by atoms with Crippen LogP contribution in [-0.4, -0.2) is 37.4 Å². The lowest BCUT2D eigenvalue weighted by Crippen LogP contribution is -2.17. The van der Waals surface area contributed by atoms with E-state index in [1.54, 1.807) is 23.2 Å². The number of hydrazone groups is 1. The maximum atomic E-state index is 12.7. The second-order valence-electron chi connectivity index (χ2n) is 8.26. The van der Waals surface area contributed by atoms with Crippen molar-refractivity contribution in [3.05, 3.63) is 114 Å². The lowest BCUT2D eigenvalue weighted by Gasteiger charge is -2.07. The Morgan fingerprint density at radius 2 is 1.72 bits per heavy atom. The van der Waals surface area contributed by atoms with Crippen LogP contribution in [0.25, 0.3) is 16.9 Å². The van der Waals surface area contributed by atoms with Crippen molar-refractivity contribution >= 4 is 39.2 Å². The van der Waals surface area contributed by atoms with Crippen molar-refractivity contribution in [1.29, 1.82) is 0 Å². The molecule has 0 bridgehead atoms. The Kier molecular flexibility index (Phi) is 7.53. The van der Waals surface area contributed by atoms with Crippen molar-refractivity contribution in [3.63, 3.8) is 0 Å². The lowest BCUT2D eigenvalue weighted by molar-refractivity contribution is 0.0955. The van der Waals surface area contributed by atoms with E-state index in [1.807, 2.05) is 60.8 Å². The standard InChI is InChI=1S/C28H23N5O4S2/c1-37-25-15-11-20(12-16-25)27-22(19-33(31-27)24-6-3-2-4-7-24)18-29-30-28(34)21-9-13-23(14-10-21)32-39(35,36)26-8-5-17-38-26/h2-19,32H,1H3,(H,30,34)/b29-18+. The van der Waals surface area contributed by atoms with Crippen LogP contribution in [0.5, 0.6) is 5.75 Å². The first kappa shape index (κ1) is 25.9. The summed E-state index contributed by atoms with van der Waals surface area (Å²) in [6, 6.07) is 26.5. The Balaban J connectivity index is 1.32. The molecule has 5 aromatic rings. The topological polar surface area (TPSA) is 115 Å². The molecule has 2 heterocycles. The number of hydrogen-bond acceptors (Lipinski definition) is 7. The lowest BCUT2D eigenvalue weighted by atomic mass is 10.1. The number of anilines is 1. The molecule has 5 rings (SSSR count). The van der Waals surface area contributed by atoms with Crippen LogP contribution in [-0.2, 0) is 10.0 Å². The van der Waals surface area contributed by atoms with E-state index in [4.69, 9.17) is 9.84 Å². The number of rotatable bonds is 9. The second kappa shape index (κ2) is 11.3. The molecule has 0 saturated carbocycles. The van der Waals surface area contributed by atoms with Crippen LogP contribution in [0.3, 0.4) is 0 Å². The Bertz CT molecular complexity index is 1700. The van der Waals surface area contributed by atoms with Gasteiger partial charge in [-0.1, -0.05) is 24.3 Å². The van der Waals surface area contributed by atoms with Gasteiger partial charge < -0.3 is 4.74 Å². The van der Waals surface area contributed by atoms with Gasteiger partial charge in [-0.2, -0.15) is 10.2 Å². The van der Waals surface area contributed by atoms with Crippen LogP contribution >= 0.6 is 11.3 Å². The van der Waals surface area contributed by atoms with Gasteiger partial charge in [0.2, 0.25) is 0 Å². The van der Waals surface area contributed by atoms with Crippen LogP contribution in [0.2, 0.25) is 0 Å². The zero-order valence-corrected chi connectivity index (χ0v) is 22.3. The van der Waals surface area contributed by atoms with Crippen molar-refractivity contribution in [2.75, 3.05) is 11.8 Å². The first-order valence-corrected chi connectivity index (χ1v) is 14.1. The van der Waals surface area contributed by atoms with E-state index in [2.05, 4.69) is 15.2 Å². The van der Waals surface area contributed by atoms with E-state index in [-0.39, 0.29) is 4.21 Å². The average Bonchev–Trinajstić information content (AvgIpc) is 3.65. The molecule has 0 fully saturated rings. The summed E-state index contributed by atoms with van der Waals surface area (Å²) in [5, 5.41) is 10.6. The van der Waals surface area contributed by atoms with Gasteiger partial charge >= 0.3 is 0 Å². The number of thiophene rings is 1. The number of ether oxygens (including phenoxy) is 1. The molecule has 0 unspecified atom stereocenters. The number of nitrogens with one attached hydrogen (secondary N) is 2. The summed E-state index contributed by atoms with van der Waals surface area (Å²) in [6.45, 7) is 0. The third-order valence-corrected chi connectivity index (χ3v) is 8.43. The Morgan fingerprint density at radius 3 is 2.38 bits per heavy atom. The minimum absolute atomic E-state index is 0.211. The monoisotopic (exact) mass is 557 g/mol. The summed E-state index contributed by atoms with van der Waals surface area (Å²) in [4.78, 5) is 12.7. The molecule has 0 aliphatic heterocycles. The van der Waals surface area contributed by atoms with E-state index in [1.165, 1.54) is 36.5 Å². The smallest absolute Gasteiger partial charge is 0.271 e. The maximum absolute atomic E-state index is 12.7. The number of nitrogens with zero attached hydrogens (tertiary/aromatic N) is 3. The molecule has 0 radical (unpaired) electrons. The molecular formula is C28H23N5O4S2. The molecule has 39 heavy (non-hydrogen) atoms. The van der Waals surface area contributed by atoms with Crippen molar-refractivity contribution < 1.29 is 17.9 Å². The van der Waals surface area contributed by atoms with Gasteiger partial charge in [-0.3, -0.25) is 9.52 Å². The number of carbonyl (C=O) groups is 1. The summed E-state index contributed by atoms with van der Waals surface area (Å²) in [6.07, 6.45) is 3.37. The Morgan fingerprint density at radius 1 is 0.974 bits per heavy atom. The molecule has 11 heteroatoms. The number of amides is 1. The molecule has 196 valence electrons. The largest absolute Gasteiger partial charge is 0.497 e. The molecule has 2 aromatic heterocycles. The fourth-order valence-corrected chi connectivity index (χ4v) is 5.76. The molecule has 9 nitrogen and oxygen atoms in total. The Hall–Kier alpha value is -4.74. The quantitative estimate of drug-likeness (QED) is 0.192. The van der Waals surface area contributed by atoms with Crippen LogP contribution in [0.15, 0.2) is 112 Å². The molecule has 1 amide bonds. The maximum Gasteiger partial charge on any atom is 0.271 e. The highest BCUT2D eigenvalue weighted by atomic mass is 32.2. The fraction of sp³-hybridized carbons (Fsp3) is 0.0357. The molecule has 2 N–H and O–H groups in total. The molecule has 0 atom stereocenters. The summed E-state index contributed by atoms with van der Waals surface area (Å²) in [5.74, 6) is 0.287. The predicted octanol–water partition coefficient (Wildman–Crippen LogP) is 5.17. The number of benzene rings is 3. The van der Waals surface area contributed by atoms with Crippen LogP contribution < -0.4 is 14.9 Å². The first-order chi connectivity index (χ1) is 18.9. The highest BCUT2D eigenvalue weighted by Crippen LogP contribution is 2.25. The second-order valence-corrected chi connectivity index (χ2v) is 11.1. The molecular weight excluding hydrogens is 534 g/mol. The third-order valence-electron chi connectivity index (χ3n) is 5.66. The summed E-state index contributed by atoms with van der Waals surface area (Å²) < 4.78 is 34.5. The number of carbonyl (C=O) groups excluding carboxylic acids is 1. The first-order valence-electron chi connectivity index (χ1n) is 11.7. The summed E-state index contributed by atoms with van der Waals surface area (Å²) in [5.41, 5.74) is 6.31. The fourth-order valence-electron chi connectivity index (χ4n) is 3.70. The van der Waals surface area contributed by atoms with Crippen molar-refractivity contribution in [2.45, 2.75) is 4.21 Å². The van der Waals surface area contributed by atoms with Gasteiger partial charge in [0.05, 0.1) is 19.0 Å². The van der Waals surface area contributed by atoms with E-state index in [0.717, 1.165) is 28.3 Å². The highest BCUT2D eigenvalue weighted by Gasteiger charge is 2.16. The van der Waals surface area contributed by atoms with Gasteiger partial charge in [-0.25, -0.2) is 18.5 Å². The van der Waals surface area contributed by atoms with Gasteiger partial charge in [0, 0.05) is 28.6 Å². The van der Waals surface area contributed by atoms with Gasteiger partial charge in [0.15, 0.2) is 0 Å². The highest BCUT2D eigenvalue weighted by molar-refractivity contribution is 7.94. The number of methoxy groups -OCH3 is 1. The van der Waals surface area contributed by atoms with Crippen molar-refractivity contribution in [3.8, 4) is 22.7 Å². The molecule has 0 aliphatic rings. The molecule has 0 aliphatic carbocycles. The zero-order valence-electron chi connectivity index (χ0n) is 20.7. The predicted molar refractivity (Wildman–Crippen MR) is 152 cm³/mol. The van der Waals surface area contributed by atoms with Gasteiger partial charge in [-0.15, -0.1) is 11.3 Å². The van der Waals surface area contributed by atoms with Gasteiger partial charge in [0.1, 0.15) is 15.7 Å². The number of para-hydroxylation sites is 1. The van der Waals surface area contributed by atoms with Gasteiger partial charge in [0.25, 0.3) is 15.9 Å². The van der Waals surface area contributed by atoms with Crippen LogP contribution in [0.4, 0.5) is 5.69 Å². The third kappa shape index (κ3) is 6.06. The van der Waals surface area contributed by atoms with Gasteiger partial charge in [-0.05, 0) is 72.1 Å². The minimum atomic E-state index is -3.67. The normalized spacial score (nSPS) is 11.4. The number of aromatic nitrogens is 2. The number of sulfonamides is 1. The molecule has 3 aromatic carbocycles. The zero-order chi connectivity index (χ0) is 27.2. The van der Waals surface area contributed by atoms with E-state index < -0.39 is 15.9 Å². The average molecular weight is 558 g/mol. The van der Waals surface area contributed by atoms with Crippen LogP contribution in [0.1, 0.15) is 15.9 Å². The van der Waals surface area contributed by atoms with E-state index in [9.17, 15) is 13.2 Å². The number of hydrogen-bond donors (Lipinski definition) is 2. The Labute approximate surface area is 229 Å². The molecule has 0 saturated heterocycles. The summed E-state index contributed by atoms with van der Waals surface area (Å²) >= 11 is 1.12. The SMILES string of the molecule is COc1ccc(-c2nn(-c3ccccc3)cc2/C=N/NC(=O)c2ccc(NS(=O)(=O)c3cccs3)cc2)cc1.